The van der Waals surface area contributed by atoms with Crippen molar-refractivity contribution in [2.45, 2.75) is 61.7 Å². The highest BCUT2D eigenvalue weighted by Crippen LogP contribution is 2.50. The Labute approximate surface area is 539 Å². The number of fused-ring (bicyclic) bond motifs is 4. The van der Waals surface area contributed by atoms with Crippen LogP contribution in [0.15, 0.2) is 294 Å². The molecule has 0 aliphatic carbocycles. The van der Waals surface area contributed by atoms with Gasteiger partial charge in [0.05, 0.1) is 55.1 Å². The van der Waals surface area contributed by atoms with E-state index >= 15 is 0 Å². The summed E-state index contributed by atoms with van der Waals surface area (Å²) in [5.74, 6) is -8.30. The lowest BCUT2D eigenvalue weighted by atomic mass is 9.96. The van der Waals surface area contributed by atoms with E-state index < -0.39 is 83.9 Å². The molecule has 14 rings (SSSR count). The van der Waals surface area contributed by atoms with Crippen LogP contribution >= 0.6 is 23.5 Å². The molecular weight excluding hydrogens is 1320 g/mol. The Bertz CT molecular complexity index is 4640. The number of imidazole rings is 2. The Morgan fingerprint density at radius 1 is 0.419 bits per heavy atom. The van der Waals surface area contributed by atoms with E-state index in [-0.39, 0.29) is 31.7 Å². The molecule has 2 unspecified atom stereocenters. The lowest BCUT2D eigenvalue weighted by Gasteiger charge is -2.20. The fraction of sp³-hybridized carbons (Fsp3) is 0.0435. The Morgan fingerprint density at radius 2 is 0.720 bits per heavy atom. The van der Waals surface area contributed by atoms with E-state index in [1.165, 1.54) is 34.4 Å². The van der Waals surface area contributed by atoms with Gasteiger partial charge in [0, 0.05) is 46.7 Å². The van der Waals surface area contributed by atoms with Gasteiger partial charge >= 0.3 is 5.51 Å². The van der Waals surface area contributed by atoms with Crippen molar-refractivity contribution >= 4 is 55.3 Å². The second-order valence-corrected chi connectivity index (χ2v) is 27.2. The van der Waals surface area contributed by atoms with E-state index in [0.29, 0.717) is 19.6 Å². The van der Waals surface area contributed by atoms with E-state index in [0.717, 1.165) is 87.1 Å². The summed E-state index contributed by atoms with van der Waals surface area (Å²) in [7, 11) is -8.90. The molecule has 0 saturated heterocycles. The summed E-state index contributed by atoms with van der Waals surface area (Å²) in [6, 6.07) is 64.2. The summed E-state index contributed by atoms with van der Waals surface area (Å²) in [6.45, 7) is 0. The van der Waals surface area contributed by atoms with E-state index in [9.17, 15) is 52.5 Å². The first-order valence-electron chi connectivity index (χ1n) is 27.5. The van der Waals surface area contributed by atoms with E-state index in [4.69, 9.17) is 13.0 Å². The number of nitrogens with zero attached hydrogens (tertiary/aromatic N) is 4. The first kappa shape index (κ1) is 65.5. The Kier molecular flexibility index (Phi) is 19.7. The second kappa shape index (κ2) is 28.0. The number of hydrogen-bond acceptors (Lipinski definition) is 8. The quantitative estimate of drug-likeness (QED) is 0.0608. The molecule has 0 saturated carbocycles. The van der Waals surface area contributed by atoms with Crippen molar-refractivity contribution in [3.8, 4) is 22.3 Å². The average molecular weight is 1360 g/mol. The predicted octanol–water partition coefficient (Wildman–Crippen LogP) is 18.4. The fourth-order valence-corrected chi connectivity index (χ4v) is 16.5. The molecule has 10 aromatic carbocycles. The summed E-state index contributed by atoms with van der Waals surface area (Å²) < 4.78 is 185. The Balaban J connectivity index is 0.000000146. The summed E-state index contributed by atoms with van der Waals surface area (Å²) in [6.07, 6.45) is 11.3. The maximum Gasteiger partial charge on any atom is 0.485 e. The van der Waals surface area contributed by atoms with Gasteiger partial charge in [-0.05, 0) is 105 Å². The van der Waals surface area contributed by atoms with E-state index in [1.54, 1.807) is 6.20 Å². The molecule has 93 heavy (non-hydrogen) atoms. The van der Waals surface area contributed by atoms with Crippen molar-refractivity contribution < 1.29 is 65.5 Å². The van der Waals surface area contributed by atoms with Gasteiger partial charge in [0.1, 0.15) is 10.9 Å². The molecule has 470 valence electrons. The summed E-state index contributed by atoms with van der Waals surface area (Å²) in [5.41, 5.74) is 3.56. The summed E-state index contributed by atoms with van der Waals surface area (Å²) in [5, 5.41) is 0. The van der Waals surface area contributed by atoms with Crippen LogP contribution in [0.4, 0.5) is 48.3 Å². The van der Waals surface area contributed by atoms with Crippen LogP contribution in [0.1, 0.15) is 34.3 Å². The van der Waals surface area contributed by atoms with Crippen molar-refractivity contribution in [2.75, 3.05) is 0 Å². The molecule has 0 spiro atoms. The molecule has 2 aliphatic rings. The van der Waals surface area contributed by atoms with Crippen LogP contribution in [0.5, 0.6) is 0 Å². The van der Waals surface area contributed by atoms with Gasteiger partial charge < -0.3 is 13.7 Å². The number of rotatable bonds is 9. The molecule has 0 radical (unpaired) electrons. The molecule has 0 fully saturated rings. The van der Waals surface area contributed by atoms with Crippen LogP contribution in [0.2, 0.25) is 0 Å². The maximum absolute atomic E-state index is 14.4. The van der Waals surface area contributed by atoms with Crippen LogP contribution in [-0.2, 0) is 31.8 Å². The van der Waals surface area contributed by atoms with Gasteiger partial charge in [0.15, 0.2) is 71.3 Å². The molecule has 2 aliphatic heterocycles. The van der Waals surface area contributed by atoms with Gasteiger partial charge in [-0.25, -0.2) is 57.7 Å². The minimum atomic E-state index is -6.09. The van der Waals surface area contributed by atoms with Crippen molar-refractivity contribution in [1.82, 2.24) is 19.1 Å². The van der Waals surface area contributed by atoms with Crippen LogP contribution in [0.3, 0.4) is 0 Å². The maximum atomic E-state index is 14.4. The SMILES string of the molecule is Fc1cc2c(cc1F)[S+](c1ccc(-c3ccc(C(c4ccccc4)n4ccnc4)cc3)cc1)c1cc(F)c(F)cc1S2.O=S(=O)([O-])C(F)(F)F.O=S1c2cc(F)c(F)cc2Sc2cc(F)c(F)cc21.c1ccc(-c2ccc(C(c3ccccc3)n3ccnc3)cc2)cc1. The van der Waals surface area contributed by atoms with E-state index in [2.05, 4.69) is 128 Å². The fourth-order valence-electron chi connectivity index (χ4n) is 10.0. The summed E-state index contributed by atoms with van der Waals surface area (Å²) >= 11 is 2.04. The standard InChI is InChI=1S/C34H21F4N2S2.C22H18N2.C12H4F4OS2.CHF3O3S/c35-26-16-30-32(18-28(26)37)42(33-19-29(38)27(36)17-31(33)41-30)25-12-10-22(11-13-25)21-6-8-24(9-7-21)34(40-15-14-39-20-40)23-4-2-1-3-5-23;1-3-7-18(8-4-1)19-11-13-21(14-12-19)22(24-16-15-23-17-24)20-9-5-2-6-10-20;13-5-1-9-11(3-7(5)15)19(17)12-4-8(16)6(14)2-10(12)18-9;2-1(3,4)8(5,6)7/h1-20,34H;1-17,22H;1-4H;(H,5,6,7)/q+1;;;/p-1. The van der Waals surface area contributed by atoms with Gasteiger partial charge in [-0.15, -0.1) is 0 Å². The molecule has 0 amide bonds. The van der Waals surface area contributed by atoms with Gasteiger partial charge in [-0.1, -0.05) is 163 Å². The zero-order valence-corrected chi connectivity index (χ0v) is 51.5. The van der Waals surface area contributed by atoms with E-state index in [1.807, 2.05) is 85.8 Å². The number of alkyl halides is 3. The monoisotopic (exact) mass is 1360 g/mol. The van der Waals surface area contributed by atoms with Gasteiger partial charge in [-0.3, -0.25) is 0 Å². The highest BCUT2D eigenvalue weighted by Gasteiger charge is 2.41. The highest BCUT2D eigenvalue weighted by molar-refractivity contribution is 8.04. The van der Waals surface area contributed by atoms with Crippen molar-refractivity contribution in [3.63, 3.8) is 0 Å². The third-order valence-corrected chi connectivity index (χ3v) is 21.5. The molecule has 12 aromatic rings. The summed E-state index contributed by atoms with van der Waals surface area (Å²) in [4.78, 5) is 11.9. The van der Waals surface area contributed by atoms with Crippen molar-refractivity contribution in [2.24, 2.45) is 0 Å². The number of aromatic nitrogens is 4. The largest absolute Gasteiger partial charge is 0.741 e. The molecule has 2 atom stereocenters. The van der Waals surface area contributed by atoms with Crippen molar-refractivity contribution in [3.05, 3.63) is 319 Å². The lowest BCUT2D eigenvalue weighted by Crippen LogP contribution is -2.21. The van der Waals surface area contributed by atoms with Gasteiger partial charge in [0.25, 0.3) is 0 Å². The van der Waals surface area contributed by atoms with Gasteiger partial charge in [-0.2, -0.15) is 13.2 Å². The van der Waals surface area contributed by atoms with Crippen LogP contribution < -0.4 is 0 Å². The zero-order chi connectivity index (χ0) is 65.7. The lowest BCUT2D eigenvalue weighted by molar-refractivity contribution is -0.0517. The zero-order valence-electron chi connectivity index (χ0n) is 47.4. The smallest absolute Gasteiger partial charge is 0.485 e. The number of hydrogen-bond donors (Lipinski definition) is 0. The predicted molar refractivity (Wildman–Crippen MR) is 332 cm³/mol. The highest BCUT2D eigenvalue weighted by atomic mass is 32.2. The minimum absolute atomic E-state index is 0.0221. The Hall–Kier alpha value is -9.04. The third kappa shape index (κ3) is 14.8. The average Bonchev–Trinajstić information content (AvgIpc) is 1.34. The molecule has 0 bridgehead atoms. The first-order valence-corrected chi connectivity index (χ1v) is 32.9. The normalized spacial score (nSPS) is 13.2. The molecule has 2 aromatic heterocycles. The van der Waals surface area contributed by atoms with Crippen molar-refractivity contribution in [1.29, 1.82) is 0 Å². The third-order valence-electron chi connectivity index (χ3n) is 14.4. The molecular formula is C69H43F11N4O4S5. The molecule has 8 nitrogen and oxygen atoms in total. The second-order valence-electron chi connectivity index (χ2n) is 20.3. The van der Waals surface area contributed by atoms with Crippen LogP contribution in [0, 0.1) is 46.5 Å². The first-order chi connectivity index (χ1) is 44.6. The number of halogens is 11. The molecule has 0 N–H and O–H groups in total. The number of benzene rings is 10. The minimum Gasteiger partial charge on any atom is -0.741 e. The Morgan fingerprint density at radius 3 is 1.08 bits per heavy atom. The topological polar surface area (TPSA) is 110 Å². The molecule has 24 heteroatoms. The van der Waals surface area contributed by atoms with Crippen LogP contribution in [0.25, 0.3) is 22.3 Å². The van der Waals surface area contributed by atoms with Gasteiger partial charge in [0.2, 0.25) is 0 Å². The molecule has 4 heterocycles. The van der Waals surface area contributed by atoms with Crippen LogP contribution in [-0.4, -0.2) is 41.8 Å².